The Morgan fingerprint density at radius 1 is 1.04 bits per heavy atom. The fourth-order valence-electron chi connectivity index (χ4n) is 3.08. The van der Waals surface area contributed by atoms with Crippen LogP contribution in [0.25, 0.3) is 0 Å². The smallest absolute Gasteiger partial charge is 0.319 e. The van der Waals surface area contributed by atoms with Crippen molar-refractivity contribution in [1.29, 1.82) is 0 Å². The highest BCUT2D eigenvalue weighted by Crippen LogP contribution is 2.24. The maximum absolute atomic E-state index is 12.9. The quantitative estimate of drug-likeness (QED) is 0.878. The second kappa shape index (κ2) is 7.93. The van der Waals surface area contributed by atoms with Crippen molar-refractivity contribution in [3.8, 4) is 0 Å². The number of benzene rings is 2. The summed E-state index contributed by atoms with van der Waals surface area (Å²) in [7, 11) is 0. The van der Waals surface area contributed by atoms with Crippen molar-refractivity contribution in [2.75, 3.05) is 25.0 Å². The molecule has 1 fully saturated rings. The van der Waals surface area contributed by atoms with E-state index in [1.165, 1.54) is 30.5 Å². The van der Waals surface area contributed by atoms with Gasteiger partial charge in [-0.25, -0.2) is 9.18 Å². The number of urea groups is 1. The number of hydrogen-bond acceptors (Lipinski definition) is 2. The van der Waals surface area contributed by atoms with Crippen LogP contribution in [0, 0.1) is 5.82 Å². The van der Waals surface area contributed by atoms with E-state index in [-0.39, 0.29) is 17.9 Å². The molecule has 0 saturated carbocycles. The summed E-state index contributed by atoms with van der Waals surface area (Å²) < 4.78 is 12.9. The van der Waals surface area contributed by atoms with E-state index in [1.54, 1.807) is 12.1 Å². The van der Waals surface area contributed by atoms with Crippen LogP contribution < -0.4 is 10.6 Å². The van der Waals surface area contributed by atoms with Gasteiger partial charge in [0, 0.05) is 12.2 Å². The standard InChI is InChI=1S/C19H22FN3O/c20-16-8-10-17(11-9-16)22-19(24)21-14-18(23-12-4-5-13-23)15-6-2-1-3-7-15/h1-3,6-11,18H,4-5,12-14H2,(H2,21,22,24)/t18-/m0/s1. The first-order valence-electron chi connectivity index (χ1n) is 8.32. The molecule has 2 amide bonds. The number of nitrogens with one attached hydrogen (secondary N) is 2. The minimum absolute atomic E-state index is 0.174. The van der Waals surface area contributed by atoms with Gasteiger partial charge in [0.1, 0.15) is 5.82 Å². The van der Waals surface area contributed by atoms with E-state index >= 15 is 0 Å². The summed E-state index contributed by atoms with van der Waals surface area (Å²) in [6.45, 7) is 2.65. The van der Waals surface area contributed by atoms with E-state index in [4.69, 9.17) is 0 Å². The lowest BCUT2D eigenvalue weighted by Gasteiger charge is -2.28. The lowest BCUT2D eigenvalue weighted by molar-refractivity contribution is 0.227. The van der Waals surface area contributed by atoms with E-state index in [0.717, 1.165) is 13.1 Å². The van der Waals surface area contributed by atoms with Gasteiger partial charge in [-0.15, -0.1) is 0 Å². The molecule has 0 radical (unpaired) electrons. The zero-order chi connectivity index (χ0) is 16.8. The van der Waals surface area contributed by atoms with Gasteiger partial charge in [0.25, 0.3) is 0 Å². The third-order valence-corrected chi connectivity index (χ3v) is 4.32. The molecule has 0 aliphatic carbocycles. The van der Waals surface area contributed by atoms with Crippen LogP contribution in [0.15, 0.2) is 54.6 Å². The van der Waals surface area contributed by atoms with Crippen molar-refractivity contribution in [2.24, 2.45) is 0 Å². The Bertz CT molecular complexity index is 654. The Labute approximate surface area is 141 Å². The summed E-state index contributed by atoms with van der Waals surface area (Å²) in [6.07, 6.45) is 2.40. The predicted molar refractivity (Wildman–Crippen MR) is 93.4 cm³/mol. The molecule has 1 aliphatic rings. The fraction of sp³-hybridized carbons (Fsp3) is 0.316. The predicted octanol–water partition coefficient (Wildman–Crippen LogP) is 3.78. The molecular weight excluding hydrogens is 305 g/mol. The lowest BCUT2D eigenvalue weighted by Crippen LogP contribution is -2.38. The number of halogens is 1. The molecular formula is C19H22FN3O. The number of amides is 2. The first-order chi connectivity index (χ1) is 11.7. The summed E-state index contributed by atoms with van der Waals surface area (Å²) in [5, 5.41) is 5.67. The number of rotatable bonds is 5. The largest absolute Gasteiger partial charge is 0.336 e. The molecule has 24 heavy (non-hydrogen) atoms. The first-order valence-corrected chi connectivity index (χ1v) is 8.32. The second-order valence-corrected chi connectivity index (χ2v) is 6.01. The van der Waals surface area contributed by atoms with Crippen LogP contribution >= 0.6 is 0 Å². The molecule has 0 spiro atoms. The van der Waals surface area contributed by atoms with E-state index in [0.29, 0.717) is 12.2 Å². The van der Waals surface area contributed by atoms with Crippen LogP contribution in [0.2, 0.25) is 0 Å². The van der Waals surface area contributed by atoms with E-state index in [9.17, 15) is 9.18 Å². The molecule has 126 valence electrons. The van der Waals surface area contributed by atoms with Gasteiger partial charge in [0.05, 0.1) is 6.04 Å². The molecule has 1 heterocycles. The van der Waals surface area contributed by atoms with Gasteiger partial charge in [-0.05, 0) is 55.8 Å². The minimum atomic E-state index is -0.320. The molecule has 0 bridgehead atoms. The highest BCUT2D eigenvalue weighted by Gasteiger charge is 2.23. The molecule has 0 unspecified atom stereocenters. The SMILES string of the molecule is O=C(NC[C@@H](c1ccccc1)N1CCCC1)Nc1ccc(F)cc1. The molecule has 2 aromatic rings. The van der Waals surface area contributed by atoms with Gasteiger partial charge in [-0.2, -0.15) is 0 Å². The number of anilines is 1. The maximum atomic E-state index is 12.9. The number of nitrogens with zero attached hydrogens (tertiary/aromatic N) is 1. The average molecular weight is 327 g/mol. The Hall–Kier alpha value is -2.40. The van der Waals surface area contributed by atoms with Crippen molar-refractivity contribution in [2.45, 2.75) is 18.9 Å². The fourth-order valence-corrected chi connectivity index (χ4v) is 3.08. The normalized spacial score (nSPS) is 15.9. The topological polar surface area (TPSA) is 44.4 Å². The van der Waals surface area contributed by atoms with Crippen LogP contribution in [0.3, 0.4) is 0 Å². The molecule has 0 aromatic heterocycles. The van der Waals surface area contributed by atoms with Crippen LogP contribution in [-0.2, 0) is 0 Å². The van der Waals surface area contributed by atoms with E-state index in [1.807, 2.05) is 18.2 Å². The van der Waals surface area contributed by atoms with Crippen LogP contribution in [0.4, 0.5) is 14.9 Å². The number of carbonyl (C=O) groups is 1. The van der Waals surface area contributed by atoms with Gasteiger partial charge < -0.3 is 10.6 Å². The zero-order valence-electron chi connectivity index (χ0n) is 13.5. The second-order valence-electron chi connectivity index (χ2n) is 6.01. The molecule has 2 N–H and O–H groups in total. The van der Waals surface area contributed by atoms with E-state index < -0.39 is 0 Å². The van der Waals surface area contributed by atoms with Gasteiger partial charge in [0.2, 0.25) is 0 Å². The highest BCUT2D eigenvalue weighted by molar-refractivity contribution is 5.89. The summed E-state index contributed by atoms with van der Waals surface area (Å²) in [5.41, 5.74) is 1.79. The molecule has 5 heteroatoms. The van der Waals surface area contributed by atoms with Gasteiger partial charge in [-0.1, -0.05) is 30.3 Å². The van der Waals surface area contributed by atoms with Crippen molar-refractivity contribution < 1.29 is 9.18 Å². The van der Waals surface area contributed by atoms with Gasteiger partial charge >= 0.3 is 6.03 Å². The van der Waals surface area contributed by atoms with E-state index in [2.05, 4.69) is 27.7 Å². The Morgan fingerprint density at radius 3 is 2.38 bits per heavy atom. The van der Waals surface area contributed by atoms with Crippen molar-refractivity contribution in [3.63, 3.8) is 0 Å². The maximum Gasteiger partial charge on any atom is 0.319 e. The summed E-state index contributed by atoms with van der Waals surface area (Å²) in [6, 6.07) is 15.9. The molecule has 3 rings (SSSR count). The Morgan fingerprint density at radius 2 is 1.71 bits per heavy atom. The van der Waals surface area contributed by atoms with Crippen molar-refractivity contribution in [1.82, 2.24) is 10.2 Å². The van der Waals surface area contributed by atoms with Crippen LogP contribution in [0.1, 0.15) is 24.4 Å². The third kappa shape index (κ3) is 4.32. The molecule has 1 atom stereocenters. The summed E-state index contributed by atoms with van der Waals surface area (Å²) in [4.78, 5) is 14.5. The highest BCUT2D eigenvalue weighted by atomic mass is 19.1. The monoisotopic (exact) mass is 327 g/mol. The molecule has 1 saturated heterocycles. The van der Waals surface area contributed by atoms with Crippen molar-refractivity contribution >= 4 is 11.7 Å². The molecule has 1 aliphatic heterocycles. The van der Waals surface area contributed by atoms with Crippen LogP contribution in [0.5, 0.6) is 0 Å². The molecule has 4 nitrogen and oxygen atoms in total. The molecule has 2 aromatic carbocycles. The Balaban J connectivity index is 1.60. The summed E-state index contributed by atoms with van der Waals surface area (Å²) >= 11 is 0. The minimum Gasteiger partial charge on any atom is -0.336 e. The van der Waals surface area contributed by atoms with Gasteiger partial charge in [0.15, 0.2) is 0 Å². The lowest BCUT2D eigenvalue weighted by atomic mass is 10.1. The van der Waals surface area contributed by atoms with Crippen molar-refractivity contribution in [3.05, 3.63) is 66.0 Å². The third-order valence-electron chi connectivity index (χ3n) is 4.32. The number of likely N-dealkylation sites (tertiary alicyclic amines) is 1. The van der Waals surface area contributed by atoms with Gasteiger partial charge in [-0.3, -0.25) is 4.90 Å². The number of carbonyl (C=O) groups excluding carboxylic acids is 1. The summed E-state index contributed by atoms with van der Waals surface area (Å²) in [5.74, 6) is -0.320. The first kappa shape index (κ1) is 16.5. The average Bonchev–Trinajstić information content (AvgIpc) is 3.12. The Kier molecular flexibility index (Phi) is 5.43. The number of hydrogen-bond donors (Lipinski definition) is 2. The van der Waals surface area contributed by atoms with Crippen LogP contribution in [-0.4, -0.2) is 30.6 Å². The zero-order valence-corrected chi connectivity index (χ0v) is 13.5.